The molecule has 0 aromatic heterocycles. The maximum Gasteiger partial charge on any atom is 0.0589 e. The van der Waals surface area contributed by atoms with Gasteiger partial charge >= 0.3 is 0 Å². The minimum absolute atomic E-state index is 0.343. The smallest absolute Gasteiger partial charge is 0.0589 e. The molecule has 2 saturated heterocycles. The first kappa shape index (κ1) is 14.3. The molecule has 0 radical (unpaired) electrons. The topological polar surface area (TPSA) is 15.7 Å². The summed E-state index contributed by atoms with van der Waals surface area (Å²) in [5, 5.41) is 0. The molecule has 2 aliphatic heterocycles. The molecule has 0 atom stereocenters. The molecule has 106 valence electrons. The predicted molar refractivity (Wildman–Crippen MR) is 75.9 cm³/mol. The van der Waals surface area contributed by atoms with Crippen molar-refractivity contribution in [3.05, 3.63) is 0 Å². The van der Waals surface area contributed by atoms with Crippen LogP contribution in [0, 0.1) is 5.41 Å². The van der Waals surface area contributed by atoms with Gasteiger partial charge in [0.15, 0.2) is 0 Å². The highest BCUT2D eigenvalue weighted by molar-refractivity contribution is 4.95. The molecule has 0 amide bonds. The Morgan fingerprint density at radius 2 is 1.67 bits per heavy atom. The molecule has 0 N–H and O–H groups in total. The van der Waals surface area contributed by atoms with Gasteiger partial charge in [-0.15, -0.1) is 0 Å². The summed E-state index contributed by atoms with van der Waals surface area (Å²) in [4.78, 5) is 5.24. The normalized spacial score (nSPS) is 26.0. The van der Waals surface area contributed by atoms with Crippen molar-refractivity contribution in [2.45, 2.75) is 45.6 Å². The SMILES string of the molecule is COCCN1CCC2(CCN(C(C)(C)C)CC2)C1. The Labute approximate surface area is 112 Å². The highest BCUT2D eigenvalue weighted by Gasteiger charge is 2.41. The summed E-state index contributed by atoms with van der Waals surface area (Å²) in [6.07, 6.45) is 4.16. The number of rotatable bonds is 3. The van der Waals surface area contributed by atoms with E-state index in [1.165, 1.54) is 45.4 Å². The molecule has 3 nitrogen and oxygen atoms in total. The second-order valence-corrected chi connectivity index (χ2v) is 7.18. The number of methoxy groups -OCH3 is 1. The molecule has 2 aliphatic rings. The van der Waals surface area contributed by atoms with Gasteiger partial charge in [-0.3, -0.25) is 4.90 Å². The van der Waals surface area contributed by atoms with Gasteiger partial charge in [0.2, 0.25) is 0 Å². The first-order valence-corrected chi connectivity index (χ1v) is 7.42. The summed E-state index contributed by atoms with van der Waals surface area (Å²) >= 11 is 0. The summed E-state index contributed by atoms with van der Waals surface area (Å²) in [6, 6.07) is 0. The van der Waals surface area contributed by atoms with Crippen LogP contribution in [0.2, 0.25) is 0 Å². The quantitative estimate of drug-likeness (QED) is 0.768. The number of piperidine rings is 1. The van der Waals surface area contributed by atoms with Crippen LogP contribution >= 0.6 is 0 Å². The lowest BCUT2D eigenvalue weighted by Gasteiger charge is -2.45. The molecule has 2 fully saturated rings. The van der Waals surface area contributed by atoms with Crippen molar-refractivity contribution in [3.63, 3.8) is 0 Å². The lowest BCUT2D eigenvalue weighted by molar-refractivity contribution is 0.0448. The third kappa shape index (κ3) is 3.25. The van der Waals surface area contributed by atoms with Gasteiger partial charge in [0, 0.05) is 25.7 Å². The number of likely N-dealkylation sites (tertiary alicyclic amines) is 2. The van der Waals surface area contributed by atoms with Crippen molar-refractivity contribution < 1.29 is 4.74 Å². The summed E-state index contributed by atoms with van der Waals surface area (Å²) in [5.74, 6) is 0. The van der Waals surface area contributed by atoms with Crippen LogP contribution in [0.1, 0.15) is 40.0 Å². The van der Waals surface area contributed by atoms with E-state index in [4.69, 9.17) is 4.74 Å². The van der Waals surface area contributed by atoms with Crippen LogP contribution in [0.25, 0.3) is 0 Å². The fourth-order valence-corrected chi connectivity index (χ4v) is 3.50. The second-order valence-electron chi connectivity index (χ2n) is 7.18. The van der Waals surface area contributed by atoms with E-state index in [0.717, 1.165) is 13.2 Å². The fourth-order valence-electron chi connectivity index (χ4n) is 3.50. The van der Waals surface area contributed by atoms with Crippen molar-refractivity contribution in [3.8, 4) is 0 Å². The zero-order valence-electron chi connectivity index (χ0n) is 12.7. The molecule has 1 spiro atoms. The Morgan fingerprint density at radius 1 is 1.06 bits per heavy atom. The zero-order valence-corrected chi connectivity index (χ0v) is 12.7. The maximum absolute atomic E-state index is 5.19. The Kier molecular flexibility index (Phi) is 4.35. The molecule has 0 aliphatic carbocycles. The first-order valence-electron chi connectivity index (χ1n) is 7.42. The third-order valence-corrected chi connectivity index (χ3v) is 4.90. The van der Waals surface area contributed by atoms with Crippen LogP contribution < -0.4 is 0 Å². The van der Waals surface area contributed by atoms with Crippen LogP contribution in [0.3, 0.4) is 0 Å². The van der Waals surface area contributed by atoms with Crippen LogP contribution in [0.5, 0.6) is 0 Å². The number of nitrogens with zero attached hydrogens (tertiary/aromatic N) is 2. The van der Waals surface area contributed by atoms with Crippen molar-refractivity contribution >= 4 is 0 Å². The van der Waals surface area contributed by atoms with Gasteiger partial charge in [-0.2, -0.15) is 0 Å². The highest BCUT2D eigenvalue weighted by atomic mass is 16.5. The van der Waals surface area contributed by atoms with Crippen molar-refractivity contribution in [2.24, 2.45) is 5.41 Å². The minimum atomic E-state index is 0.343. The van der Waals surface area contributed by atoms with E-state index in [-0.39, 0.29) is 0 Å². The van der Waals surface area contributed by atoms with E-state index < -0.39 is 0 Å². The van der Waals surface area contributed by atoms with Gasteiger partial charge in [-0.25, -0.2) is 0 Å². The Morgan fingerprint density at radius 3 is 2.22 bits per heavy atom. The minimum Gasteiger partial charge on any atom is -0.383 e. The van der Waals surface area contributed by atoms with Crippen LogP contribution in [0.15, 0.2) is 0 Å². The van der Waals surface area contributed by atoms with Crippen molar-refractivity contribution in [2.75, 3.05) is 46.4 Å². The summed E-state index contributed by atoms with van der Waals surface area (Å²) in [6.45, 7) is 14.1. The molecule has 2 heterocycles. The van der Waals surface area contributed by atoms with E-state index in [1.54, 1.807) is 7.11 Å². The monoisotopic (exact) mass is 254 g/mol. The third-order valence-electron chi connectivity index (χ3n) is 4.90. The van der Waals surface area contributed by atoms with Gasteiger partial charge in [-0.1, -0.05) is 0 Å². The summed E-state index contributed by atoms with van der Waals surface area (Å²) < 4.78 is 5.19. The average molecular weight is 254 g/mol. The Bertz CT molecular complexity index is 264. The zero-order chi connectivity index (χ0) is 13.2. The summed E-state index contributed by atoms with van der Waals surface area (Å²) in [7, 11) is 1.80. The molecule has 2 rings (SSSR count). The molecule has 0 aromatic carbocycles. The van der Waals surface area contributed by atoms with Gasteiger partial charge in [0.1, 0.15) is 0 Å². The number of hydrogen-bond donors (Lipinski definition) is 0. The van der Waals surface area contributed by atoms with E-state index in [1.807, 2.05) is 0 Å². The van der Waals surface area contributed by atoms with E-state index in [9.17, 15) is 0 Å². The largest absolute Gasteiger partial charge is 0.383 e. The maximum atomic E-state index is 5.19. The van der Waals surface area contributed by atoms with Gasteiger partial charge in [0.05, 0.1) is 6.61 Å². The first-order chi connectivity index (χ1) is 8.45. The van der Waals surface area contributed by atoms with Gasteiger partial charge < -0.3 is 9.64 Å². The fraction of sp³-hybridized carbons (Fsp3) is 1.00. The van der Waals surface area contributed by atoms with Crippen LogP contribution in [-0.2, 0) is 4.74 Å². The highest BCUT2D eigenvalue weighted by Crippen LogP contribution is 2.41. The van der Waals surface area contributed by atoms with Crippen LogP contribution in [0.4, 0.5) is 0 Å². The van der Waals surface area contributed by atoms with Crippen molar-refractivity contribution in [1.82, 2.24) is 9.80 Å². The number of ether oxygens (including phenoxy) is 1. The lowest BCUT2D eigenvalue weighted by Crippen LogP contribution is -2.49. The molecule has 18 heavy (non-hydrogen) atoms. The molecular formula is C15H30N2O. The number of hydrogen-bond acceptors (Lipinski definition) is 3. The Hall–Kier alpha value is -0.120. The van der Waals surface area contributed by atoms with E-state index in [0.29, 0.717) is 11.0 Å². The van der Waals surface area contributed by atoms with Crippen molar-refractivity contribution in [1.29, 1.82) is 0 Å². The second kappa shape index (κ2) is 5.48. The molecule has 0 bridgehead atoms. The average Bonchev–Trinajstić information content (AvgIpc) is 2.69. The Balaban J connectivity index is 1.82. The standard InChI is InChI=1S/C15H30N2O/c1-14(2,3)17-9-6-15(7-10-17)5-8-16(13-15)11-12-18-4/h5-13H2,1-4H3. The summed E-state index contributed by atoms with van der Waals surface area (Å²) in [5.41, 5.74) is 0.964. The lowest BCUT2D eigenvalue weighted by atomic mass is 9.77. The molecule has 0 unspecified atom stereocenters. The van der Waals surface area contributed by atoms with E-state index in [2.05, 4.69) is 30.6 Å². The molecular weight excluding hydrogens is 224 g/mol. The molecule has 3 heteroatoms. The van der Waals surface area contributed by atoms with Crippen LogP contribution in [-0.4, -0.2) is 61.8 Å². The van der Waals surface area contributed by atoms with Gasteiger partial charge in [0.25, 0.3) is 0 Å². The van der Waals surface area contributed by atoms with E-state index >= 15 is 0 Å². The molecule has 0 saturated carbocycles. The van der Waals surface area contributed by atoms with Gasteiger partial charge in [-0.05, 0) is 65.1 Å². The predicted octanol–water partition coefficient (Wildman–Crippen LogP) is 2.22. The molecule has 0 aromatic rings.